The van der Waals surface area contributed by atoms with Gasteiger partial charge in [0.2, 0.25) is 12.3 Å². The first-order chi connectivity index (χ1) is 10.5. The lowest BCUT2D eigenvalue weighted by Crippen LogP contribution is -2.53. The van der Waals surface area contributed by atoms with E-state index in [-0.39, 0.29) is 5.41 Å². The fourth-order valence-electron chi connectivity index (χ4n) is 5.64. The van der Waals surface area contributed by atoms with Crippen LogP contribution in [0.15, 0.2) is 24.5 Å². The van der Waals surface area contributed by atoms with E-state index in [0.29, 0.717) is 12.3 Å². The Hall–Kier alpha value is -1.38. The number of hydrogen-bond donors (Lipinski definition) is 0. The van der Waals surface area contributed by atoms with E-state index in [0.717, 1.165) is 17.8 Å². The number of ketones is 1. The van der Waals surface area contributed by atoms with Gasteiger partial charge in [-0.25, -0.2) is 0 Å². The highest BCUT2D eigenvalue weighted by atomic mass is 16.1. The van der Waals surface area contributed by atoms with Crippen LogP contribution in [0.1, 0.15) is 38.5 Å². The summed E-state index contributed by atoms with van der Waals surface area (Å²) in [7, 11) is 4.08. The third-order valence-corrected chi connectivity index (χ3v) is 6.35. The number of aromatic nitrogens is 1. The molecule has 0 amide bonds. The van der Waals surface area contributed by atoms with Crippen molar-refractivity contribution in [2.24, 2.45) is 23.2 Å². The van der Waals surface area contributed by atoms with Crippen molar-refractivity contribution in [3.05, 3.63) is 24.5 Å². The van der Waals surface area contributed by atoms with Crippen molar-refractivity contribution < 1.29 is 9.36 Å². The molecule has 1 heterocycles. The predicted octanol–water partition coefficient (Wildman–Crippen LogP) is 2.83. The summed E-state index contributed by atoms with van der Waals surface area (Å²) in [6.07, 6.45) is 11.8. The summed E-state index contributed by atoms with van der Waals surface area (Å²) in [6.45, 7) is 0.555. The molecule has 118 valence electrons. The molecule has 4 fully saturated rings. The summed E-state index contributed by atoms with van der Waals surface area (Å²) in [5, 5.41) is 0. The molecule has 0 saturated heterocycles. The molecule has 4 aliphatic carbocycles. The van der Waals surface area contributed by atoms with Crippen LogP contribution in [0.2, 0.25) is 0 Å². The minimum atomic E-state index is 0.0297. The van der Waals surface area contributed by atoms with E-state index in [1.165, 1.54) is 44.2 Å². The van der Waals surface area contributed by atoms with Gasteiger partial charge in [0, 0.05) is 37.3 Å². The van der Waals surface area contributed by atoms with Crippen molar-refractivity contribution in [1.29, 1.82) is 0 Å². The maximum absolute atomic E-state index is 13.1. The van der Waals surface area contributed by atoms with Crippen LogP contribution in [-0.2, 0) is 11.3 Å². The molecule has 0 N–H and O–H groups in total. The number of Topliss-reactive ketones (excluding diaryl/α,β-unsaturated/α-hetero) is 1. The zero-order valence-electron chi connectivity index (χ0n) is 13.8. The van der Waals surface area contributed by atoms with E-state index < -0.39 is 0 Å². The van der Waals surface area contributed by atoms with Gasteiger partial charge in [-0.3, -0.25) is 4.79 Å². The van der Waals surface area contributed by atoms with E-state index in [1.54, 1.807) is 0 Å². The zero-order chi connectivity index (χ0) is 15.3. The average molecular weight is 299 g/mol. The molecule has 0 atom stereocenters. The topological polar surface area (TPSA) is 24.2 Å². The van der Waals surface area contributed by atoms with Crippen LogP contribution in [-0.4, -0.2) is 19.9 Å². The van der Waals surface area contributed by atoms with Gasteiger partial charge < -0.3 is 4.90 Å². The molecule has 4 aliphatic rings. The van der Waals surface area contributed by atoms with Gasteiger partial charge in [0.1, 0.15) is 0 Å². The lowest BCUT2D eigenvalue weighted by atomic mass is 9.48. The summed E-state index contributed by atoms with van der Waals surface area (Å²) in [5.41, 5.74) is 1.21. The molecule has 0 unspecified atom stereocenters. The Kier molecular flexibility index (Phi) is 3.28. The predicted molar refractivity (Wildman–Crippen MR) is 86.6 cm³/mol. The molecule has 0 aromatic carbocycles. The van der Waals surface area contributed by atoms with Crippen LogP contribution < -0.4 is 9.47 Å². The van der Waals surface area contributed by atoms with E-state index in [9.17, 15) is 4.79 Å². The van der Waals surface area contributed by atoms with Crippen molar-refractivity contribution >= 4 is 11.5 Å². The van der Waals surface area contributed by atoms with Gasteiger partial charge >= 0.3 is 0 Å². The lowest BCUT2D eigenvalue weighted by Gasteiger charge is -2.55. The average Bonchev–Trinajstić information content (AvgIpc) is 2.46. The number of nitrogens with zero attached hydrogens (tertiary/aromatic N) is 2. The molecular weight excluding hydrogens is 272 g/mol. The van der Waals surface area contributed by atoms with Gasteiger partial charge in [-0.2, -0.15) is 4.57 Å². The second-order valence-electron chi connectivity index (χ2n) is 8.24. The van der Waals surface area contributed by atoms with Crippen molar-refractivity contribution in [3.63, 3.8) is 0 Å². The molecule has 1 aromatic heterocycles. The highest BCUT2D eigenvalue weighted by Crippen LogP contribution is 2.60. The summed E-state index contributed by atoms with van der Waals surface area (Å²) in [4.78, 5) is 15.1. The zero-order valence-corrected chi connectivity index (χ0v) is 13.8. The lowest BCUT2D eigenvalue weighted by molar-refractivity contribution is -0.684. The van der Waals surface area contributed by atoms with Gasteiger partial charge in [0.05, 0.1) is 0 Å². The molecule has 3 nitrogen and oxygen atoms in total. The van der Waals surface area contributed by atoms with E-state index >= 15 is 0 Å². The monoisotopic (exact) mass is 299 g/mol. The minimum absolute atomic E-state index is 0.0297. The summed E-state index contributed by atoms with van der Waals surface area (Å²) < 4.78 is 2.06. The van der Waals surface area contributed by atoms with Crippen molar-refractivity contribution in [2.45, 2.75) is 45.1 Å². The molecule has 4 bridgehead atoms. The maximum Gasteiger partial charge on any atom is 0.207 e. The number of carbonyl (C=O) groups excluding carboxylic acids is 1. The van der Waals surface area contributed by atoms with Crippen molar-refractivity contribution in [2.75, 3.05) is 19.0 Å². The van der Waals surface area contributed by atoms with Crippen molar-refractivity contribution in [3.8, 4) is 0 Å². The highest BCUT2D eigenvalue weighted by Gasteiger charge is 2.54. The Labute approximate surface area is 133 Å². The van der Waals surface area contributed by atoms with E-state index in [1.807, 2.05) is 26.5 Å². The molecule has 0 spiro atoms. The van der Waals surface area contributed by atoms with Crippen LogP contribution in [0.4, 0.5) is 5.69 Å². The molecule has 5 rings (SSSR count). The molecular formula is C19H27N2O+. The Balaban J connectivity index is 1.50. The van der Waals surface area contributed by atoms with Gasteiger partial charge in [-0.05, 0) is 56.3 Å². The first kappa shape index (κ1) is 14.2. The number of rotatable bonds is 4. The third kappa shape index (κ3) is 2.35. The number of pyridine rings is 1. The van der Waals surface area contributed by atoms with Crippen LogP contribution >= 0.6 is 0 Å². The second kappa shape index (κ2) is 5.07. The fraction of sp³-hybridized carbons (Fsp3) is 0.684. The Morgan fingerprint density at radius 1 is 1.09 bits per heavy atom. The van der Waals surface area contributed by atoms with Crippen LogP contribution in [0.3, 0.4) is 0 Å². The first-order valence-electron chi connectivity index (χ1n) is 8.74. The first-order valence-corrected chi connectivity index (χ1v) is 8.74. The SMILES string of the molecule is CN(C)c1cc[n+](CC(=O)C23CC4CC(CC(C4)C2)C3)cc1. The number of anilines is 1. The Morgan fingerprint density at radius 2 is 1.59 bits per heavy atom. The normalized spacial score (nSPS) is 35.6. The van der Waals surface area contributed by atoms with E-state index in [2.05, 4.69) is 21.6 Å². The van der Waals surface area contributed by atoms with Crippen LogP contribution in [0, 0.1) is 23.2 Å². The molecule has 3 heteroatoms. The fourth-order valence-corrected chi connectivity index (χ4v) is 5.64. The third-order valence-electron chi connectivity index (χ3n) is 6.35. The van der Waals surface area contributed by atoms with Gasteiger partial charge in [-0.1, -0.05) is 0 Å². The second-order valence-corrected chi connectivity index (χ2v) is 8.24. The van der Waals surface area contributed by atoms with Gasteiger partial charge in [-0.15, -0.1) is 0 Å². The van der Waals surface area contributed by atoms with Gasteiger partial charge in [0.15, 0.2) is 12.4 Å². The molecule has 22 heavy (non-hydrogen) atoms. The largest absolute Gasteiger partial charge is 0.377 e. The molecule has 4 saturated carbocycles. The smallest absolute Gasteiger partial charge is 0.207 e. The quantitative estimate of drug-likeness (QED) is 0.799. The molecule has 0 radical (unpaired) electrons. The van der Waals surface area contributed by atoms with E-state index in [4.69, 9.17) is 0 Å². The number of carbonyl (C=O) groups is 1. The highest BCUT2D eigenvalue weighted by molar-refractivity contribution is 5.84. The standard InChI is InChI=1S/C19H27N2O/c1-20(2)17-3-5-21(6-4-17)13-18(22)19-10-14-7-15(11-19)9-16(8-14)12-19/h3-6,14-16H,7-13H2,1-2H3/q+1. The summed E-state index contributed by atoms with van der Waals surface area (Å²) in [6, 6.07) is 4.18. The minimum Gasteiger partial charge on any atom is -0.377 e. The Bertz CT molecular complexity index is 540. The van der Waals surface area contributed by atoms with Gasteiger partial charge in [0.25, 0.3) is 0 Å². The van der Waals surface area contributed by atoms with Crippen LogP contribution in [0.5, 0.6) is 0 Å². The molecule has 0 aliphatic heterocycles. The van der Waals surface area contributed by atoms with Crippen molar-refractivity contribution in [1.82, 2.24) is 0 Å². The maximum atomic E-state index is 13.1. The Morgan fingerprint density at radius 3 is 2.05 bits per heavy atom. The summed E-state index contributed by atoms with van der Waals surface area (Å²) in [5.74, 6) is 3.03. The summed E-state index contributed by atoms with van der Waals surface area (Å²) >= 11 is 0. The molecule has 1 aromatic rings. The van der Waals surface area contributed by atoms with Crippen LogP contribution in [0.25, 0.3) is 0 Å². The number of hydrogen-bond acceptors (Lipinski definition) is 2.